The van der Waals surface area contributed by atoms with Crippen molar-refractivity contribution in [2.24, 2.45) is 0 Å². The van der Waals surface area contributed by atoms with Crippen molar-refractivity contribution in [3.63, 3.8) is 0 Å². The second-order valence-electron chi connectivity index (χ2n) is 7.67. The molecule has 2 aromatic carbocycles. The largest absolute Gasteiger partial charge is 0.494 e. The third kappa shape index (κ3) is 4.62. The SMILES string of the molecule is COc1cc2[nH]c(-c3ccccc3)c(Cc3cccc(C(=O)NSC(C)C)n3)c2cc1F. The third-order valence-corrected chi connectivity index (χ3v) is 5.80. The Morgan fingerprint density at radius 3 is 2.66 bits per heavy atom. The number of ether oxygens (including phenoxy) is 1. The Bertz CT molecular complexity index is 1260. The molecule has 0 aliphatic rings. The van der Waals surface area contributed by atoms with Gasteiger partial charge in [0.1, 0.15) is 5.69 Å². The van der Waals surface area contributed by atoms with Gasteiger partial charge in [-0.3, -0.25) is 9.52 Å². The van der Waals surface area contributed by atoms with Crippen molar-refractivity contribution >= 4 is 28.8 Å². The summed E-state index contributed by atoms with van der Waals surface area (Å²) in [4.78, 5) is 20.4. The highest BCUT2D eigenvalue weighted by Crippen LogP contribution is 2.35. The van der Waals surface area contributed by atoms with E-state index in [0.717, 1.165) is 33.4 Å². The van der Waals surface area contributed by atoms with Crippen molar-refractivity contribution in [1.29, 1.82) is 0 Å². The summed E-state index contributed by atoms with van der Waals surface area (Å²) in [5, 5.41) is 1.03. The lowest BCUT2D eigenvalue weighted by atomic mass is 10.0. The molecule has 0 bridgehead atoms. The van der Waals surface area contributed by atoms with E-state index in [1.807, 2.05) is 56.3 Å². The minimum Gasteiger partial charge on any atom is -0.494 e. The molecule has 5 nitrogen and oxygen atoms in total. The fourth-order valence-electron chi connectivity index (χ4n) is 3.55. The number of nitrogens with zero attached hydrogens (tertiary/aromatic N) is 1. The summed E-state index contributed by atoms with van der Waals surface area (Å²) in [6.45, 7) is 4.01. The van der Waals surface area contributed by atoms with Crippen molar-refractivity contribution < 1.29 is 13.9 Å². The molecule has 0 aliphatic heterocycles. The van der Waals surface area contributed by atoms with Gasteiger partial charge in [0.15, 0.2) is 11.6 Å². The Balaban J connectivity index is 1.76. The van der Waals surface area contributed by atoms with E-state index in [-0.39, 0.29) is 16.9 Å². The molecule has 0 spiro atoms. The van der Waals surface area contributed by atoms with E-state index in [1.54, 1.807) is 12.1 Å². The number of nitrogens with one attached hydrogen (secondary N) is 2. The Kier molecular flexibility index (Phi) is 6.46. The Morgan fingerprint density at radius 2 is 1.94 bits per heavy atom. The number of hydrogen-bond acceptors (Lipinski definition) is 4. The van der Waals surface area contributed by atoms with E-state index in [1.165, 1.54) is 25.1 Å². The van der Waals surface area contributed by atoms with Crippen LogP contribution >= 0.6 is 11.9 Å². The lowest BCUT2D eigenvalue weighted by Gasteiger charge is -2.09. The van der Waals surface area contributed by atoms with Gasteiger partial charge in [0, 0.05) is 28.8 Å². The maximum atomic E-state index is 14.6. The van der Waals surface area contributed by atoms with Gasteiger partial charge in [0.2, 0.25) is 0 Å². The van der Waals surface area contributed by atoms with E-state index in [9.17, 15) is 9.18 Å². The second kappa shape index (κ2) is 9.44. The first-order valence-electron chi connectivity index (χ1n) is 10.3. The van der Waals surface area contributed by atoms with Gasteiger partial charge in [0.25, 0.3) is 5.91 Å². The number of amides is 1. The monoisotopic (exact) mass is 449 g/mol. The number of hydrogen-bond donors (Lipinski definition) is 2. The number of fused-ring (bicyclic) bond motifs is 1. The molecule has 164 valence electrons. The van der Waals surface area contributed by atoms with Crippen LogP contribution in [0.3, 0.4) is 0 Å². The Hall–Kier alpha value is -3.32. The quantitative estimate of drug-likeness (QED) is 0.352. The topological polar surface area (TPSA) is 67.0 Å². The van der Waals surface area contributed by atoms with Crippen LogP contribution in [0.25, 0.3) is 22.2 Å². The molecule has 0 saturated heterocycles. The molecule has 0 saturated carbocycles. The molecule has 2 heterocycles. The first kappa shape index (κ1) is 21.9. The zero-order valence-corrected chi connectivity index (χ0v) is 18.9. The van der Waals surface area contributed by atoms with Crippen LogP contribution in [-0.2, 0) is 6.42 Å². The predicted molar refractivity (Wildman–Crippen MR) is 127 cm³/mol. The summed E-state index contributed by atoms with van der Waals surface area (Å²) < 4.78 is 22.5. The van der Waals surface area contributed by atoms with Crippen LogP contribution in [0.2, 0.25) is 0 Å². The smallest absolute Gasteiger partial charge is 0.279 e. The number of H-pyrrole nitrogens is 1. The van der Waals surface area contributed by atoms with Crippen LogP contribution in [0.5, 0.6) is 5.75 Å². The van der Waals surface area contributed by atoms with Crippen LogP contribution in [0.1, 0.15) is 35.6 Å². The molecule has 32 heavy (non-hydrogen) atoms. The molecule has 0 atom stereocenters. The summed E-state index contributed by atoms with van der Waals surface area (Å²) >= 11 is 1.35. The summed E-state index contributed by atoms with van der Waals surface area (Å²) in [5.41, 5.74) is 4.64. The van der Waals surface area contributed by atoms with E-state index in [4.69, 9.17) is 4.74 Å². The molecule has 1 amide bonds. The van der Waals surface area contributed by atoms with Gasteiger partial charge in [-0.15, -0.1) is 0 Å². The number of aromatic nitrogens is 2. The summed E-state index contributed by atoms with van der Waals surface area (Å²) in [7, 11) is 1.45. The number of pyridine rings is 1. The summed E-state index contributed by atoms with van der Waals surface area (Å²) in [5.74, 6) is -0.473. The first-order chi connectivity index (χ1) is 15.5. The van der Waals surface area contributed by atoms with Gasteiger partial charge < -0.3 is 9.72 Å². The lowest BCUT2D eigenvalue weighted by Crippen LogP contribution is -2.19. The Labute approximate surface area is 190 Å². The fourth-order valence-corrected chi connectivity index (χ4v) is 4.00. The first-order valence-corrected chi connectivity index (χ1v) is 11.2. The number of methoxy groups -OCH3 is 1. The van der Waals surface area contributed by atoms with Crippen LogP contribution in [0.4, 0.5) is 4.39 Å². The van der Waals surface area contributed by atoms with Gasteiger partial charge in [-0.2, -0.15) is 0 Å². The van der Waals surface area contributed by atoms with Crippen LogP contribution in [0, 0.1) is 5.82 Å². The molecule has 7 heteroatoms. The van der Waals surface area contributed by atoms with Crippen molar-refractivity contribution in [2.75, 3.05) is 7.11 Å². The fraction of sp³-hybridized carbons (Fsp3) is 0.200. The van der Waals surface area contributed by atoms with Crippen LogP contribution < -0.4 is 9.46 Å². The number of carbonyl (C=O) groups excluding carboxylic acids is 1. The molecule has 4 rings (SSSR count). The second-order valence-corrected chi connectivity index (χ2v) is 9.05. The van der Waals surface area contributed by atoms with Gasteiger partial charge in [0.05, 0.1) is 18.3 Å². The predicted octanol–water partition coefficient (Wildman–Crippen LogP) is 5.75. The van der Waals surface area contributed by atoms with Gasteiger partial charge in [-0.25, -0.2) is 9.37 Å². The van der Waals surface area contributed by atoms with Gasteiger partial charge >= 0.3 is 0 Å². The van der Waals surface area contributed by atoms with Crippen molar-refractivity contribution in [1.82, 2.24) is 14.7 Å². The molecule has 0 fully saturated rings. The molecule has 0 radical (unpaired) electrons. The lowest BCUT2D eigenvalue weighted by molar-refractivity contribution is 0.0979. The normalized spacial score (nSPS) is 11.2. The highest BCUT2D eigenvalue weighted by molar-refractivity contribution is 7.98. The Morgan fingerprint density at radius 1 is 1.16 bits per heavy atom. The molecule has 2 aromatic heterocycles. The zero-order valence-electron chi connectivity index (χ0n) is 18.1. The standard InChI is InChI=1S/C25H24FN3O2S/c1-15(2)32-29-25(30)21-11-7-10-17(27-21)12-19-18-13-20(26)23(31-3)14-22(18)28-24(19)16-8-5-4-6-9-16/h4-11,13-15,28H,12H2,1-3H3,(H,29,30). The van der Waals surface area contributed by atoms with Crippen LogP contribution in [-0.4, -0.2) is 28.2 Å². The summed E-state index contributed by atoms with van der Waals surface area (Å²) in [6, 6.07) is 18.4. The minimum atomic E-state index is -0.424. The van der Waals surface area contributed by atoms with E-state index < -0.39 is 5.82 Å². The number of benzene rings is 2. The van der Waals surface area contributed by atoms with Crippen molar-refractivity contribution in [3.8, 4) is 17.0 Å². The number of rotatable bonds is 7. The van der Waals surface area contributed by atoms with E-state index in [2.05, 4.69) is 14.7 Å². The van der Waals surface area contributed by atoms with Crippen LogP contribution in [0.15, 0.2) is 60.7 Å². The number of carbonyl (C=O) groups is 1. The highest BCUT2D eigenvalue weighted by Gasteiger charge is 2.18. The molecule has 2 N–H and O–H groups in total. The van der Waals surface area contributed by atoms with Gasteiger partial charge in [-0.1, -0.05) is 50.2 Å². The average molecular weight is 450 g/mol. The molecular weight excluding hydrogens is 425 g/mol. The number of aromatic amines is 1. The minimum absolute atomic E-state index is 0.185. The highest BCUT2D eigenvalue weighted by atomic mass is 32.2. The molecule has 0 aliphatic carbocycles. The molecule has 4 aromatic rings. The zero-order chi connectivity index (χ0) is 22.7. The van der Waals surface area contributed by atoms with Crippen molar-refractivity contribution in [2.45, 2.75) is 25.5 Å². The molecular formula is C25H24FN3O2S. The summed E-state index contributed by atoms with van der Waals surface area (Å²) in [6.07, 6.45) is 0.439. The number of halogens is 1. The third-order valence-electron chi connectivity index (χ3n) is 5.03. The van der Waals surface area contributed by atoms with E-state index >= 15 is 0 Å². The maximum absolute atomic E-state index is 14.6. The maximum Gasteiger partial charge on any atom is 0.279 e. The molecule has 0 unspecified atom stereocenters. The van der Waals surface area contributed by atoms with E-state index in [0.29, 0.717) is 12.1 Å². The average Bonchev–Trinajstić information content (AvgIpc) is 3.14. The van der Waals surface area contributed by atoms with Gasteiger partial charge in [-0.05, 0) is 41.3 Å². The van der Waals surface area contributed by atoms with Crippen molar-refractivity contribution in [3.05, 3.63) is 83.4 Å².